The van der Waals surface area contributed by atoms with Crippen LogP contribution in [0.25, 0.3) is 0 Å². The largest absolute Gasteiger partial charge is 0.395 e. The Balaban J connectivity index is 2.63. The van der Waals surface area contributed by atoms with Gasteiger partial charge in [-0.05, 0) is 12.8 Å². The van der Waals surface area contributed by atoms with Crippen molar-refractivity contribution in [3.63, 3.8) is 0 Å². The van der Waals surface area contributed by atoms with E-state index in [0.717, 1.165) is 12.8 Å². The fourth-order valence-corrected chi connectivity index (χ4v) is 2.21. The summed E-state index contributed by atoms with van der Waals surface area (Å²) in [6, 6.07) is 0.258. The van der Waals surface area contributed by atoms with Gasteiger partial charge >= 0.3 is 6.03 Å². The molecule has 0 aromatic carbocycles. The molecule has 1 fully saturated rings. The molecule has 0 aromatic rings. The summed E-state index contributed by atoms with van der Waals surface area (Å²) in [5.74, 6) is 0. The maximum absolute atomic E-state index is 12.3. The van der Waals surface area contributed by atoms with E-state index in [9.17, 15) is 4.79 Å². The van der Waals surface area contributed by atoms with Crippen molar-refractivity contribution in [2.45, 2.75) is 32.7 Å². The van der Waals surface area contributed by atoms with E-state index in [4.69, 9.17) is 9.84 Å². The second kappa shape index (κ2) is 7.50. The third-order valence-electron chi connectivity index (χ3n) is 3.25. The monoisotopic (exact) mass is 244 g/mol. The van der Waals surface area contributed by atoms with Crippen LogP contribution in [0.4, 0.5) is 4.79 Å². The Labute approximate surface area is 103 Å². The molecule has 0 spiro atoms. The zero-order chi connectivity index (χ0) is 12.7. The van der Waals surface area contributed by atoms with Crippen LogP contribution < -0.4 is 0 Å². The van der Waals surface area contributed by atoms with Crippen molar-refractivity contribution in [2.24, 2.45) is 0 Å². The van der Waals surface area contributed by atoms with E-state index in [1.165, 1.54) is 0 Å². The van der Waals surface area contributed by atoms with Crippen molar-refractivity contribution in [3.8, 4) is 0 Å². The van der Waals surface area contributed by atoms with E-state index in [0.29, 0.717) is 32.8 Å². The molecule has 1 saturated heterocycles. The molecule has 17 heavy (non-hydrogen) atoms. The van der Waals surface area contributed by atoms with Gasteiger partial charge in [-0.3, -0.25) is 0 Å². The van der Waals surface area contributed by atoms with Gasteiger partial charge in [0, 0.05) is 25.7 Å². The number of morpholine rings is 1. The van der Waals surface area contributed by atoms with E-state index < -0.39 is 0 Å². The van der Waals surface area contributed by atoms with Gasteiger partial charge in [0.05, 0.1) is 19.8 Å². The number of nitrogens with zero attached hydrogens (tertiary/aromatic N) is 2. The van der Waals surface area contributed by atoms with Crippen molar-refractivity contribution < 1.29 is 14.6 Å². The van der Waals surface area contributed by atoms with Crippen molar-refractivity contribution in [2.75, 3.05) is 39.5 Å². The van der Waals surface area contributed by atoms with Gasteiger partial charge in [-0.15, -0.1) is 0 Å². The smallest absolute Gasteiger partial charge is 0.320 e. The molecule has 100 valence electrons. The van der Waals surface area contributed by atoms with Gasteiger partial charge in [-0.1, -0.05) is 13.8 Å². The van der Waals surface area contributed by atoms with Gasteiger partial charge in [-0.25, -0.2) is 4.79 Å². The third kappa shape index (κ3) is 3.85. The highest BCUT2D eigenvalue weighted by Crippen LogP contribution is 2.12. The van der Waals surface area contributed by atoms with E-state index in [1.54, 1.807) is 4.90 Å². The molecular formula is C12H24N2O3. The second-order valence-electron chi connectivity index (χ2n) is 4.27. The molecule has 1 N–H and O–H groups in total. The third-order valence-corrected chi connectivity index (χ3v) is 3.25. The molecule has 5 heteroatoms. The van der Waals surface area contributed by atoms with Gasteiger partial charge in [0.15, 0.2) is 0 Å². The second-order valence-corrected chi connectivity index (χ2v) is 4.27. The lowest BCUT2D eigenvalue weighted by atomic mass is 10.1. The molecule has 0 radical (unpaired) electrons. The highest BCUT2D eigenvalue weighted by molar-refractivity contribution is 5.75. The molecule has 0 saturated carbocycles. The Morgan fingerprint density at radius 3 is 2.41 bits per heavy atom. The topological polar surface area (TPSA) is 53.0 Å². The molecule has 1 rings (SSSR count). The fourth-order valence-electron chi connectivity index (χ4n) is 2.21. The summed E-state index contributed by atoms with van der Waals surface area (Å²) in [5, 5.41) is 9.09. The summed E-state index contributed by atoms with van der Waals surface area (Å²) < 4.78 is 5.24. The van der Waals surface area contributed by atoms with Crippen molar-refractivity contribution in [1.82, 2.24) is 9.80 Å². The summed E-state index contributed by atoms with van der Waals surface area (Å²) >= 11 is 0. The molecule has 0 bridgehead atoms. The standard InChI is InChI=1S/C12H24N2O3/c1-3-11(4-2)14(5-8-15)12(16)13-6-9-17-10-7-13/h11,15H,3-10H2,1-2H3. The molecule has 1 aliphatic rings. The summed E-state index contributed by atoms with van der Waals surface area (Å²) in [4.78, 5) is 15.9. The van der Waals surface area contributed by atoms with Gasteiger partial charge in [0.25, 0.3) is 0 Å². The number of carbonyl (C=O) groups is 1. The molecule has 0 unspecified atom stereocenters. The Hall–Kier alpha value is -0.810. The molecule has 1 heterocycles. The zero-order valence-corrected chi connectivity index (χ0v) is 10.9. The minimum Gasteiger partial charge on any atom is -0.395 e. The van der Waals surface area contributed by atoms with Gasteiger partial charge in [-0.2, -0.15) is 0 Å². The molecule has 0 aromatic heterocycles. The number of hydrogen-bond donors (Lipinski definition) is 1. The highest BCUT2D eigenvalue weighted by Gasteiger charge is 2.26. The maximum Gasteiger partial charge on any atom is 0.320 e. The average Bonchev–Trinajstić information content (AvgIpc) is 2.39. The first-order valence-electron chi connectivity index (χ1n) is 6.48. The van der Waals surface area contributed by atoms with Crippen LogP contribution in [-0.2, 0) is 4.74 Å². The summed E-state index contributed by atoms with van der Waals surface area (Å²) in [6.45, 7) is 7.12. The lowest BCUT2D eigenvalue weighted by molar-refractivity contribution is 0.0364. The van der Waals surface area contributed by atoms with Crippen LogP contribution in [-0.4, -0.2) is 66.4 Å². The zero-order valence-electron chi connectivity index (χ0n) is 10.9. The fraction of sp³-hybridized carbons (Fsp3) is 0.917. The van der Waals surface area contributed by atoms with Gasteiger partial charge in [0.1, 0.15) is 0 Å². The summed E-state index contributed by atoms with van der Waals surface area (Å²) in [7, 11) is 0. The van der Waals surface area contributed by atoms with E-state index in [1.807, 2.05) is 4.90 Å². The Morgan fingerprint density at radius 2 is 1.94 bits per heavy atom. The minimum absolute atomic E-state index is 0.0204. The van der Waals surface area contributed by atoms with Crippen molar-refractivity contribution in [3.05, 3.63) is 0 Å². The van der Waals surface area contributed by atoms with E-state index >= 15 is 0 Å². The van der Waals surface area contributed by atoms with Gasteiger partial charge < -0.3 is 19.6 Å². The van der Waals surface area contributed by atoms with Crippen molar-refractivity contribution in [1.29, 1.82) is 0 Å². The first-order chi connectivity index (χ1) is 8.24. The maximum atomic E-state index is 12.3. The number of aliphatic hydroxyl groups excluding tert-OH is 1. The quantitative estimate of drug-likeness (QED) is 0.782. The molecule has 2 amide bonds. The first kappa shape index (κ1) is 14.3. The number of rotatable bonds is 5. The van der Waals surface area contributed by atoms with Crippen LogP contribution in [0.15, 0.2) is 0 Å². The van der Waals surface area contributed by atoms with Gasteiger partial charge in [0.2, 0.25) is 0 Å². The number of amides is 2. The molecule has 0 atom stereocenters. The van der Waals surface area contributed by atoms with Crippen LogP contribution in [0.1, 0.15) is 26.7 Å². The predicted molar refractivity (Wildman–Crippen MR) is 65.9 cm³/mol. The normalized spacial score (nSPS) is 16.4. The lowest BCUT2D eigenvalue weighted by Gasteiger charge is -2.36. The number of urea groups is 1. The highest BCUT2D eigenvalue weighted by atomic mass is 16.5. The molecule has 0 aliphatic carbocycles. The van der Waals surface area contributed by atoms with E-state index in [2.05, 4.69) is 13.8 Å². The number of carbonyl (C=O) groups excluding carboxylic acids is 1. The molecular weight excluding hydrogens is 220 g/mol. The van der Waals surface area contributed by atoms with Crippen molar-refractivity contribution >= 4 is 6.03 Å². The number of aliphatic hydroxyl groups is 1. The Morgan fingerprint density at radius 1 is 1.35 bits per heavy atom. The van der Waals surface area contributed by atoms with Crippen LogP contribution in [0.3, 0.4) is 0 Å². The lowest BCUT2D eigenvalue weighted by Crippen LogP contribution is -2.52. The van der Waals surface area contributed by atoms with Crippen LogP contribution in [0.2, 0.25) is 0 Å². The molecule has 5 nitrogen and oxygen atoms in total. The predicted octanol–water partition coefficient (Wildman–Crippen LogP) is 0.921. The Bertz CT molecular complexity index is 226. The summed E-state index contributed by atoms with van der Waals surface area (Å²) in [5.41, 5.74) is 0. The SMILES string of the molecule is CCC(CC)N(CCO)C(=O)N1CCOCC1. The molecule has 1 aliphatic heterocycles. The Kier molecular flexibility index (Phi) is 6.29. The first-order valence-corrected chi connectivity index (χ1v) is 6.48. The van der Waals surface area contributed by atoms with Crippen LogP contribution in [0.5, 0.6) is 0 Å². The van der Waals surface area contributed by atoms with E-state index in [-0.39, 0.29) is 18.7 Å². The van der Waals surface area contributed by atoms with Crippen LogP contribution >= 0.6 is 0 Å². The minimum atomic E-state index is 0.0204. The van der Waals surface area contributed by atoms with Crippen LogP contribution in [0, 0.1) is 0 Å². The average molecular weight is 244 g/mol. The number of ether oxygens (including phenoxy) is 1. The summed E-state index contributed by atoms with van der Waals surface area (Å²) in [6.07, 6.45) is 1.85. The number of hydrogen-bond acceptors (Lipinski definition) is 3.